The van der Waals surface area contributed by atoms with Gasteiger partial charge in [0.05, 0.1) is 11.1 Å². The fraction of sp³-hybridized carbons (Fsp3) is 0.250. The van der Waals surface area contributed by atoms with E-state index in [1.165, 1.54) is 12.1 Å². The van der Waals surface area contributed by atoms with Crippen LogP contribution in [0.2, 0.25) is 0 Å². The molecule has 4 heteroatoms. The van der Waals surface area contributed by atoms with Crippen molar-refractivity contribution in [1.82, 2.24) is 0 Å². The Morgan fingerprint density at radius 3 is 2.20 bits per heavy atom. The van der Waals surface area contributed by atoms with Gasteiger partial charge in [-0.25, -0.2) is 0 Å². The predicted molar refractivity (Wildman–Crippen MR) is 72.4 cm³/mol. The zero-order valence-electron chi connectivity index (χ0n) is 10.7. The summed E-state index contributed by atoms with van der Waals surface area (Å²) < 4.78 is 38.1. The van der Waals surface area contributed by atoms with E-state index in [1.54, 1.807) is 6.07 Å². The van der Waals surface area contributed by atoms with Crippen LogP contribution in [0.15, 0.2) is 54.6 Å². The highest BCUT2D eigenvalue weighted by Crippen LogP contribution is 2.48. The third kappa shape index (κ3) is 2.50. The second-order valence-electron chi connectivity index (χ2n) is 5.15. The molecule has 2 aromatic rings. The van der Waals surface area contributed by atoms with E-state index in [1.807, 2.05) is 30.3 Å². The van der Waals surface area contributed by atoms with Gasteiger partial charge in [-0.1, -0.05) is 36.4 Å². The molecule has 1 fully saturated rings. The Balaban J connectivity index is 1.86. The van der Waals surface area contributed by atoms with E-state index in [9.17, 15) is 13.2 Å². The Bertz CT molecular complexity index is 601. The van der Waals surface area contributed by atoms with Crippen LogP contribution >= 0.6 is 0 Å². The van der Waals surface area contributed by atoms with Crippen LogP contribution in [-0.2, 0) is 11.7 Å². The number of hydrogen-bond donors (Lipinski definition) is 1. The molecule has 20 heavy (non-hydrogen) atoms. The Morgan fingerprint density at radius 1 is 0.900 bits per heavy atom. The van der Waals surface area contributed by atoms with E-state index in [-0.39, 0.29) is 5.54 Å². The van der Waals surface area contributed by atoms with E-state index >= 15 is 0 Å². The second kappa shape index (κ2) is 4.54. The number of halogens is 3. The molecule has 0 atom stereocenters. The molecule has 1 aliphatic rings. The summed E-state index contributed by atoms with van der Waals surface area (Å²) in [6.45, 7) is 0. The largest absolute Gasteiger partial charge is 0.416 e. The molecule has 0 spiro atoms. The third-order valence-corrected chi connectivity index (χ3v) is 3.65. The number of nitrogens with one attached hydrogen (secondary N) is 1. The third-order valence-electron chi connectivity index (χ3n) is 3.65. The summed E-state index contributed by atoms with van der Waals surface area (Å²) in [5, 5.41) is 3.26. The minimum Gasteiger partial charge on any atom is -0.376 e. The summed E-state index contributed by atoms with van der Waals surface area (Å²) in [6, 6.07) is 15.2. The molecule has 0 amide bonds. The van der Waals surface area contributed by atoms with Crippen LogP contribution in [0.1, 0.15) is 24.0 Å². The average Bonchev–Trinajstić information content (AvgIpc) is 3.20. The molecule has 2 aromatic carbocycles. The number of benzene rings is 2. The fourth-order valence-corrected chi connectivity index (χ4v) is 2.42. The fourth-order valence-electron chi connectivity index (χ4n) is 2.42. The maximum Gasteiger partial charge on any atom is 0.416 e. The molecular weight excluding hydrogens is 263 g/mol. The lowest BCUT2D eigenvalue weighted by molar-refractivity contribution is -0.137. The van der Waals surface area contributed by atoms with Gasteiger partial charge < -0.3 is 5.32 Å². The smallest absolute Gasteiger partial charge is 0.376 e. The topological polar surface area (TPSA) is 12.0 Å². The molecule has 0 heterocycles. The zero-order chi connectivity index (χ0) is 14.2. The van der Waals surface area contributed by atoms with E-state index in [0.29, 0.717) is 5.69 Å². The second-order valence-corrected chi connectivity index (χ2v) is 5.15. The number of hydrogen-bond acceptors (Lipinski definition) is 1. The molecule has 0 radical (unpaired) electrons. The first-order valence-corrected chi connectivity index (χ1v) is 6.51. The minimum atomic E-state index is -4.30. The molecule has 0 aliphatic heterocycles. The highest BCUT2D eigenvalue weighted by atomic mass is 19.4. The molecule has 3 rings (SSSR count). The molecule has 1 saturated carbocycles. The van der Waals surface area contributed by atoms with Gasteiger partial charge in [-0.15, -0.1) is 0 Å². The lowest BCUT2D eigenvalue weighted by atomic mass is 10.0. The van der Waals surface area contributed by atoms with Crippen molar-refractivity contribution in [2.75, 3.05) is 5.32 Å². The van der Waals surface area contributed by atoms with E-state index in [2.05, 4.69) is 5.32 Å². The first-order valence-electron chi connectivity index (χ1n) is 6.51. The number of anilines is 1. The summed E-state index contributed by atoms with van der Waals surface area (Å²) in [7, 11) is 0. The quantitative estimate of drug-likeness (QED) is 0.849. The first kappa shape index (κ1) is 13.0. The van der Waals surface area contributed by atoms with Gasteiger partial charge in [0, 0.05) is 5.69 Å². The van der Waals surface area contributed by atoms with Gasteiger partial charge in [0.15, 0.2) is 0 Å². The van der Waals surface area contributed by atoms with Crippen LogP contribution < -0.4 is 5.32 Å². The van der Waals surface area contributed by atoms with Crippen molar-refractivity contribution in [3.63, 3.8) is 0 Å². The van der Waals surface area contributed by atoms with E-state index in [0.717, 1.165) is 24.5 Å². The van der Waals surface area contributed by atoms with Crippen molar-refractivity contribution in [3.05, 3.63) is 65.7 Å². The van der Waals surface area contributed by atoms with E-state index in [4.69, 9.17) is 0 Å². The molecule has 0 unspecified atom stereocenters. The van der Waals surface area contributed by atoms with Crippen LogP contribution in [-0.4, -0.2) is 0 Å². The highest BCUT2D eigenvalue weighted by Gasteiger charge is 2.44. The standard InChI is InChI=1S/C16H14F3N/c17-16(18,19)13-7-4-8-14(11-13)20-15(9-10-15)12-5-2-1-3-6-12/h1-8,11,20H,9-10H2. The van der Waals surface area contributed by atoms with Crippen LogP contribution in [0, 0.1) is 0 Å². The molecule has 1 aliphatic carbocycles. The summed E-state index contributed by atoms with van der Waals surface area (Å²) in [5.41, 5.74) is 0.816. The Labute approximate surface area is 115 Å². The summed E-state index contributed by atoms with van der Waals surface area (Å²) in [4.78, 5) is 0. The normalized spacial score (nSPS) is 16.8. The van der Waals surface area contributed by atoms with Gasteiger partial charge in [0.1, 0.15) is 0 Å². The van der Waals surface area contributed by atoms with Crippen molar-refractivity contribution >= 4 is 5.69 Å². The number of alkyl halides is 3. The molecular formula is C16H14F3N. The Morgan fingerprint density at radius 2 is 1.60 bits per heavy atom. The Kier molecular flexibility index (Phi) is 2.96. The molecule has 0 bridgehead atoms. The van der Waals surface area contributed by atoms with Crippen LogP contribution in [0.3, 0.4) is 0 Å². The van der Waals surface area contributed by atoms with Crippen molar-refractivity contribution in [1.29, 1.82) is 0 Å². The van der Waals surface area contributed by atoms with Gasteiger partial charge in [-0.2, -0.15) is 13.2 Å². The van der Waals surface area contributed by atoms with Gasteiger partial charge in [0.25, 0.3) is 0 Å². The van der Waals surface area contributed by atoms with Gasteiger partial charge in [0.2, 0.25) is 0 Å². The molecule has 0 aromatic heterocycles. The van der Waals surface area contributed by atoms with E-state index < -0.39 is 11.7 Å². The monoisotopic (exact) mass is 277 g/mol. The van der Waals surface area contributed by atoms with Gasteiger partial charge in [-0.3, -0.25) is 0 Å². The summed E-state index contributed by atoms with van der Waals surface area (Å²) in [6.07, 6.45) is -2.43. The lowest BCUT2D eigenvalue weighted by Crippen LogP contribution is -2.19. The van der Waals surface area contributed by atoms with Crippen LogP contribution in [0.4, 0.5) is 18.9 Å². The van der Waals surface area contributed by atoms with Crippen molar-refractivity contribution in [2.24, 2.45) is 0 Å². The summed E-state index contributed by atoms with van der Waals surface area (Å²) >= 11 is 0. The maximum atomic E-state index is 12.7. The van der Waals surface area contributed by atoms with Crippen molar-refractivity contribution in [2.45, 2.75) is 24.6 Å². The minimum absolute atomic E-state index is 0.203. The zero-order valence-corrected chi connectivity index (χ0v) is 10.7. The Hall–Kier alpha value is -1.97. The van der Waals surface area contributed by atoms with Crippen molar-refractivity contribution < 1.29 is 13.2 Å². The van der Waals surface area contributed by atoms with Crippen LogP contribution in [0.5, 0.6) is 0 Å². The molecule has 1 N–H and O–H groups in total. The first-order chi connectivity index (χ1) is 9.50. The molecule has 104 valence electrons. The highest BCUT2D eigenvalue weighted by molar-refractivity contribution is 5.52. The van der Waals surface area contributed by atoms with Crippen LogP contribution in [0.25, 0.3) is 0 Å². The molecule has 1 nitrogen and oxygen atoms in total. The average molecular weight is 277 g/mol. The lowest BCUT2D eigenvalue weighted by Gasteiger charge is -2.20. The van der Waals surface area contributed by atoms with Gasteiger partial charge >= 0.3 is 6.18 Å². The maximum absolute atomic E-state index is 12.7. The SMILES string of the molecule is FC(F)(F)c1cccc(NC2(c3ccccc3)CC2)c1. The van der Waals surface area contributed by atoms with Gasteiger partial charge in [-0.05, 0) is 36.6 Å². The predicted octanol–water partition coefficient (Wildman–Crippen LogP) is 4.81. The van der Waals surface area contributed by atoms with Crippen molar-refractivity contribution in [3.8, 4) is 0 Å². The number of rotatable bonds is 3. The summed E-state index contributed by atoms with van der Waals surface area (Å²) in [5.74, 6) is 0. The molecule has 0 saturated heterocycles.